The lowest BCUT2D eigenvalue weighted by Crippen LogP contribution is -2.25. The molecule has 0 atom stereocenters. The predicted molar refractivity (Wildman–Crippen MR) is 75.1 cm³/mol. The summed E-state index contributed by atoms with van der Waals surface area (Å²) in [5.74, 6) is 1.23. The van der Waals surface area contributed by atoms with Crippen LogP contribution in [0.4, 0.5) is 10.1 Å². The van der Waals surface area contributed by atoms with E-state index >= 15 is 0 Å². The standard InChI is InChI=1S/C14H17FN2S/c15-11-7-10(14(16)18)5-6-12(11)17-13(8-1-2-8)9-3-4-9/h5-9,13,17H,1-4H2,(H2,16,18). The minimum absolute atomic E-state index is 0.237. The van der Waals surface area contributed by atoms with Crippen LogP contribution in [-0.2, 0) is 0 Å². The van der Waals surface area contributed by atoms with E-state index in [9.17, 15) is 4.39 Å². The first-order valence-corrected chi connectivity index (χ1v) is 6.92. The average Bonchev–Trinajstić information content (AvgIpc) is 3.19. The first-order valence-electron chi connectivity index (χ1n) is 6.51. The Labute approximate surface area is 112 Å². The van der Waals surface area contributed by atoms with Crippen molar-refractivity contribution in [3.8, 4) is 0 Å². The van der Waals surface area contributed by atoms with E-state index in [1.165, 1.54) is 31.7 Å². The summed E-state index contributed by atoms with van der Waals surface area (Å²) in [5.41, 5.74) is 6.66. The lowest BCUT2D eigenvalue weighted by molar-refractivity contribution is 0.557. The van der Waals surface area contributed by atoms with Crippen LogP contribution < -0.4 is 11.1 Å². The molecule has 0 amide bonds. The quantitative estimate of drug-likeness (QED) is 0.803. The third-order valence-corrected chi connectivity index (χ3v) is 4.07. The third-order valence-electron chi connectivity index (χ3n) is 3.84. The third kappa shape index (κ3) is 2.48. The van der Waals surface area contributed by atoms with Gasteiger partial charge in [0, 0.05) is 11.6 Å². The fourth-order valence-electron chi connectivity index (χ4n) is 2.50. The molecule has 0 aliphatic heterocycles. The predicted octanol–water partition coefficient (Wildman–Crippen LogP) is 3.06. The highest BCUT2D eigenvalue weighted by molar-refractivity contribution is 7.80. The first kappa shape index (κ1) is 11.9. The lowest BCUT2D eigenvalue weighted by atomic mass is 10.1. The van der Waals surface area contributed by atoms with Crippen molar-refractivity contribution in [2.45, 2.75) is 31.7 Å². The second kappa shape index (κ2) is 4.50. The van der Waals surface area contributed by atoms with Gasteiger partial charge in [0.15, 0.2) is 0 Å². The van der Waals surface area contributed by atoms with Crippen molar-refractivity contribution < 1.29 is 4.39 Å². The second-order valence-corrected chi connectivity index (χ2v) is 5.84. The molecule has 0 unspecified atom stereocenters. The molecule has 0 radical (unpaired) electrons. The fraction of sp³-hybridized carbons (Fsp3) is 0.500. The van der Waals surface area contributed by atoms with Gasteiger partial charge in [-0.25, -0.2) is 4.39 Å². The molecule has 2 aliphatic carbocycles. The molecule has 0 heterocycles. The Kier molecular flexibility index (Phi) is 2.98. The molecule has 0 bridgehead atoms. The van der Waals surface area contributed by atoms with Gasteiger partial charge in [0.1, 0.15) is 10.8 Å². The van der Waals surface area contributed by atoms with Crippen molar-refractivity contribution in [3.63, 3.8) is 0 Å². The average molecular weight is 264 g/mol. The van der Waals surface area contributed by atoms with Crippen LogP contribution in [0.1, 0.15) is 31.2 Å². The van der Waals surface area contributed by atoms with E-state index in [1.807, 2.05) is 0 Å². The Hall–Kier alpha value is -1.16. The number of nitrogens with one attached hydrogen (secondary N) is 1. The molecule has 3 N–H and O–H groups in total. The Morgan fingerprint density at radius 2 is 1.89 bits per heavy atom. The zero-order valence-corrected chi connectivity index (χ0v) is 11.0. The van der Waals surface area contributed by atoms with Gasteiger partial charge in [-0.15, -0.1) is 0 Å². The van der Waals surface area contributed by atoms with Gasteiger partial charge >= 0.3 is 0 Å². The Balaban J connectivity index is 1.77. The molecule has 18 heavy (non-hydrogen) atoms. The number of rotatable bonds is 5. The summed E-state index contributed by atoms with van der Waals surface area (Å²) in [5, 5.41) is 3.38. The molecule has 3 rings (SSSR count). The maximum absolute atomic E-state index is 14.0. The Morgan fingerprint density at radius 1 is 1.28 bits per heavy atom. The minimum Gasteiger partial charge on any atom is -0.389 e. The van der Waals surface area contributed by atoms with Crippen LogP contribution in [0.3, 0.4) is 0 Å². The monoisotopic (exact) mass is 264 g/mol. The van der Waals surface area contributed by atoms with E-state index < -0.39 is 0 Å². The summed E-state index contributed by atoms with van der Waals surface area (Å²) in [7, 11) is 0. The topological polar surface area (TPSA) is 38.0 Å². The molecule has 2 saturated carbocycles. The minimum atomic E-state index is -0.258. The molecular formula is C14H17FN2S. The van der Waals surface area contributed by atoms with Crippen LogP contribution >= 0.6 is 12.2 Å². The normalized spacial score (nSPS) is 19.0. The highest BCUT2D eigenvalue weighted by Crippen LogP contribution is 2.46. The number of anilines is 1. The van der Waals surface area contributed by atoms with Gasteiger partial charge in [0.2, 0.25) is 0 Å². The van der Waals surface area contributed by atoms with Crippen molar-refractivity contribution in [1.82, 2.24) is 0 Å². The molecule has 2 nitrogen and oxygen atoms in total. The van der Waals surface area contributed by atoms with E-state index in [1.54, 1.807) is 12.1 Å². The van der Waals surface area contributed by atoms with E-state index in [-0.39, 0.29) is 10.8 Å². The molecule has 1 aromatic rings. The zero-order chi connectivity index (χ0) is 12.7. The van der Waals surface area contributed by atoms with E-state index in [4.69, 9.17) is 18.0 Å². The van der Waals surface area contributed by atoms with Gasteiger partial charge < -0.3 is 11.1 Å². The summed E-state index contributed by atoms with van der Waals surface area (Å²) in [6, 6.07) is 5.41. The van der Waals surface area contributed by atoms with Gasteiger partial charge in [0.25, 0.3) is 0 Å². The van der Waals surface area contributed by atoms with Crippen molar-refractivity contribution >= 4 is 22.9 Å². The highest BCUT2D eigenvalue weighted by atomic mass is 32.1. The molecule has 2 fully saturated rings. The Bertz CT molecular complexity index is 469. The SMILES string of the molecule is NC(=S)c1ccc(NC(C2CC2)C2CC2)c(F)c1. The summed E-state index contributed by atoms with van der Waals surface area (Å²) < 4.78 is 14.0. The van der Waals surface area contributed by atoms with Gasteiger partial charge in [-0.2, -0.15) is 0 Å². The van der Waals surface area contributed by atoms with Crippen LogP contribution in [0.25, 0.3) is 0 Å². The number of benzene rings is 1. The highest BCUT2D eigenvalue weighted by Gasteiger charge is 2.41. The molecule has 1 aromatic carbocycles. The van der Waals surface area contributed by atoms with Crippen LogP contribution in [-0.4, -0.2) is 11.0 Å². The van der Waals surface area contributed by atoms with Crippen molar-refractivity contribution in [2.75, 3.05) is 5.32 Å². The fourth-order valence-corrected chi connectivity index (χ4v) is 2.62. The molecule has 0 saturated heterocycles. The maximum Gasteiger partial charge on any atom is 0.146 e. The smallest absolute Gasteiger partial charge is 0.146 e. The van der Waals surface area contributed by atoms with Gasteiger partial charge in [-0.05, 0) is 55.7 Å². The summed E-state index contributed by atoms with van der Waals surface area (Å²) in [6.07, 6.45) is 5.11. The van der Waals surface area contributed by atoms with Gasteiger partial charge in [0.05, 0.1) is 5.69 Å². The van der Waals surface area contributed by atoms with Crippen LogP contribution in [0.5, 0.6) is 0 Å². The number of halogens is 1. The maximum atomic E-state index is 14.0. The molecule has 0 spiro atoms. The first-order chi connectivity index (χ1) is 8.65. The Morgan fingerprint density at radius 3 is 2.33 bits per heavy atom. The van der Waals surface area contributed by atoms with Crippen molar-refractivity contribution in [2.24, 2.45) is 17.6 Å². The summed E-state index contributed by atoms with van der Waals surface area (Å²) in [4.78, 5) is 0.237. The number of hydrogen-bond acceptors (Lipinski definition) is 2. The zero-order valence-electron chi connectivity index (χ0n) is 10.2. The van der Waals surface area contributed by atoms with Crippen LogP contribution in [0, 0.1) is 17.7 Å². The molecule has 4 heteroatoms. The molecule has 96 valence electrons. The van der Waals surface area contributed by atoms with E-state index in [0.717, 1.165) is 11.8 Å². The largest absolute Gasteiger partial charge is 0.389 e. The summed E-state index contributed by atoms with van der Waals surface area (Å²) >= 11 is 4.85. The lowest BCUT2D eigenvalue weighted by Gasteiger charge is -2.19. The van der Waals surface area contributed by atoms with Crippen LogP contribution in [0.2, 0.25) is 0 Å². The van der Waals surface area contributed by atoms with Crippen molar-refractivity contribution in [3.05, 3.63) is 29.6 Å². The number of hydrogen-bond donors (Lipinski definition) is 2. The summed E-state index contributed by atoms with van der Waals surface area (Å²) in [6.45, 7) is 0. The molecule has 0 aromatic heterocycles. The van der Waals surface area contributed by atoms with E-state index in [0.29, 0.717) is 17.3 Å². The second-order valence-electron chi connectivity index (χ2n) is 5.40. The number of thiocarbonyl (C=S) groups is 1. The van der Waals surface area contributed by atoms with Gasteiger partial charge in [-0.3, -0.25) is 0 Å². The van der Waals surface area contributed by atoms with Crippen LogP contribution in [0.15, 0.2) is 18.2 Å². The van der Waals surface area contributed by atoms with E-state index in [2.05, 4.69) is 5.32 Å². The molecule has 2 aliphatic rings. The van der Waals surface area contributed by atoms with Gasteiger partial charge in [-0.1, -0.05) is 12.2 Å². The molecular weight excluding hydrogens is 247 g/mol. The van der Waals surface area contributed by atoms with Crippen molar-refractivity contribution in [1.29, 1.82) is 0 Å². The number of nitrogens with two attached hydrogens (primary N) is 1.